The van der Waals surface area contributed by atoms with Gasteiger partial charge in [-0.05, 0) is 40.1 Å². The van der Waals surface area contributed by atoms with Gasteiger partial charge in [0.15, 0.2) is 0 Å². The maximum Gasteiger partial charge on any atom is 0.333 e. The number of rotatable bonds is 3. The average molecular weight is 382 g/mol. The molecule has 3 heteroatoms. The Labute approximate surface area is 166 Å². The van der Waals surface area contributed by atoms with E-state index in [1.54, 1.807) is 18.3 Å². The van der Waals surface area contributed by atoms with Crippen LogP contribution in [-0.2, 0) is 16.1 Å². The highest BCUT2D eigenvalue weighted by atomic mass is 32.1. The van der Waals surface area contributed by atoms with E-state index in [-0.39, 0.29) is 12.6 Å². The Morgan fingerprint density at radius 3 is 2.43 bits per heavy atom. The van der Waals surface area contributed by atoms with Crippen molar-refractivity contribution < 1.29 is 9.53 Å². The Hall–Kier alpha value is -3.17. The molecule has 0 atom stereocenters. The van der Waals surface area contributed by atoms with Crippen LogP contribution in [-0.4, -0.2) is 5.97 Å². The number of benzene rings is 4. The third-order valence-electron chi connectivity index (χ3n) is 5.16. The minimum Gasteiger partial charge on any atom is -0.457 e. The van der Waals surface area contributed by atoms with Crippen LogP contribution in [0.15, 0.2) is 78.9 Å². The number of thiophene rings is 1. The quantitative estimate of drug-likeness (QED) is 0.248. The van der Waals surface area contributed by atoms with E-state index in [9.17, 15) is 4.79 Å². The van der Waals surface area contributed by atoms with Crippen LogP contribution in [0.5, 0.6) is 0 Å². The van der Waals surface area contributed by atoms with Crippen molar-refractivity contribution in [3.8, 4) is 0 Å². The smallest absolute Gasteiger partial charge is 0.333 e. The molecule has 0 fully saturated rings. The molecule has 2 nitrogen and oxygen atoms in total. The first-order valence-electron chi connectivity index (χ1n) is 9.21. The molecule has 1 aromatic heterocycles. The minimum atomic E-state index is -0.355. The zero-order valence-corrected chi connectivity index (χ0v) is 16.3. The molecule has 0 aliphatic carbocycles. The van der Waals surface area contributed by atoms with Gasteiger partial charge in [0.2, 0.25) is 0 Å². The normalized spacial score (nSPS) is 11.5. The number of carbonyl (C=O) groups excluding carboxylic acids is 1. The topological polar surface area (TPSA) is 26.3 Å². The van der Waals surface area contributed by atoms with Crippen LogP contribution in [0.25, 0.3) is 41.7 Å². The van der Waals surface area contributed by atoms with Crippen LogP contribution in [0.3, 0.4) is 0 Å². The molecular formula is C25H18O2S. The molecule has 0 saturated heterocycles. The van der Waals surface area contributed by atoms with Crippen molar-refractivity contribution in [1.82, 2.24) is 0 Å². The molecule has 136 valence electrons. The maximum absolute atomic E-state index is 11.9. The molecule has 0 amide bonds. The van der Waals surface area contributed by atoms with E-state index in [0.29, 0.717) is 5.57 Å². The fourth-order valence-corrected chi connectivity index (χ4v) is 5.15. The number of fused-ring (bicyclic) bond motifs is 7. The van der Waals surface area contributed by atoms with Gasteiger partial charge < -0.3 is 4.74 Å². The highest BCUT2D eigenvalue weighted by Crippen LogP contribution is 2.42. The van der Waals surface area contributed by atoms with Gasteiger partial charge in [0.05, 0.1) is 0 Å². The van der Waals surface area contributed by atoms with Crippen LogP contribution >= 0.6 is 11.3 Å². The van der Waals surface area contributed by atoms with Crippen molar-refractivity contribution in [1.29, 1.82) is 0 Å². The van der Waals surface area contributed by atoms with Crippen LogP contribution in [0, 0.1) is 0 Å². The van der Waals surface area contributed by atoms with E-state index in [2.05, 4.69) is 67.2 Å². The van der Waals surface area contributed by atoms with Crippen LogP contribution in [0.2, 0.25) is 0 Å². The van der Waals surface area contributed by atoms with Gasteiger partial charge in [0.1, 0.15) is 6.61 Å². The summed E-state index contributed by atoms with van der Waals surface area (Å²) >= 11 is 1.80. The summed E-state index contributed by atoms with van der Waals surface area (Å²) < 4.78 is 7.97. The lowest BCUT2D eigenvalue weighted by Gasteiger charge is -2.09. The zero-order chi connectivity index (χ0) is 19.3. The van der Waals surface area contributed by atoms with E-state index in [0.717, 1.165) is 10.9 Å². The number of hydrogen-bond acceptors (Lipinski definition) is 3. The Morgan fingerprint density at radius 2 is 1.64 bits per heavy atom. The first-order valence-corrected chi connectivity index (χ1v) is 10.0. The summed E-state index contributed by atoms with van der Waals surface area (Å²) in [5.41, 5.74) is 1.44. The Bertz CT molecular complexity index is 1410. The third-order valence-corrected chi connectivity index (χ3v) is 6.35. The van der Waals surface area contributed by atoms with Gasteiger partial charge in [-0.2, -0.15) is 0 Å². The summed E-state index contributed by atoms with van der Waals surface area (Å²) in [7, 11) is 0. The predicted molar refractivity (Wildman–Crippen MR) is 119 cm³/mol. The SMILES string of the molecule is C=C(C)C(=O)OCc1cc2sc3c4ccccc4ccc3c2c2ccccc12. The maximum atomic E-state index is 11.9. The van der Waals surface area contributed by atoms with Crippen LogP contribution in [0.1, 0.15) is 12.5 Å². The molecule has 0 radical (unpaired) electrons. The highest BCUT2D eigenvalue weighted by Gasteiger charge is 2.15. The Balaban J connectivity index is 1.80. The fourth-order valence-electron chi connectivity index (χ4n) is 3.83. The molecule has 28 heavy (non-hydrogen) atoms. The van der Waals surface area contributed by atoms with E-state index in [1.807, 2.05) is 6.07 Å². The Morgan fingerprint density at radius 1 is 0.929 bits per heavy atom. The molecule has 1 heterocycles. The van der Waals surface area contributed by atoms with E-state index < -0.39 is 0 Å². The standard InChI is InChI=1S/C25H18O2S/c1-15(2)25(26)27-14-17-13-22-23(20-10-6-5-8-18(17)20)21-12-11-16-7-3-4-9-19(16)24(21)28-22/h3-13H,1,14H2,2H3. The lowest BCUT2D eigenvalue weighted by atomic mass is 9.98. The second-order valence-electron chi connectivity index (χ2n) is 7.08. The molecular weight excluding hydrogens is 364 g/mol. The van der Waals surface area contributed by atoms with Gasteiger partial charge in [-0.3, -0.25) is 0 Å². The second kappa shape index (κ2) is 6.47. The van der Waals surface area contributed by atoms with Crippen molar-refractivity contribution in [2.75, 3.05) is 0 Å². The zero-order valence-electron chi connectivity index (χ0n) is 15.5. The van der Waals surface area contributed by atoms with E-state index >= 15 is 0 Å². The van der Waals surface area contributed by atoms with Crippen LogP contribution < -0.4 is 0 Å². The summed E-state index contributed by atoms with van der Waals surface area (Å²) in [5.74, 6) is -0.355. The van der Waals surface area contributed by atoms with Crippen molar-refractivity contribution in [3.05, 3.63) is 84.4 Å². The molecule has 0 saturated carbocycles. The number of hydrogen-bond donors (Lipinski definition) is 0. The van der Waals surface area contributed by atoms with Gasteiger partial charge in [-0.1, -0.05) is 67.2 Å². The average Bonchev–Trinajstić information content (AvgIpc) is 3.10. The number of ether oxygens (including phenoxy) is 1. The molecule has 0 aliphatic rings. The second-order valence-corrected chi connectivity index (χ2v) is 8.13. The van der Waals surface area contributed by atoms with Crippen LogP contribution in [0.4, 0.5) is 0 Å². The first-order chi connectivity index (χ1) is 13.6. The van der Waals surface area contributed by atoms with Gasteiger partial charge in [-0.15, -0.1) is 11.3 Å². The third kappa shape index (κ3) is 2.59. The molecule has 0 bridgehead atoms. The van der Waals surface area contributed by atoms with Gasteiger partial charge >= 0.3 is 5.97 Å². The summed E-state index contributed by atoms with van der Waals surface area (Å²) in [4.78, 5) is 11.9. The largest absolute Gasteiger partial charge is 0.457 e. The molecule has 0 unspecified atom stereocenters. The summed E-state index contributed by atoms with van der Waals surface area (Å²) in [6.45, 7) is 5.58. The molecule has 4 aromatic carbocycles. The lowest BCUT2D eigenvalue weighted by Crippen LogP contribution is -2.05. The van der Waals surface area contributed by atoms with Crippen molar-refractivity contribution in [2.24, 2.45) is 0 Å². The van der Waals surface area contributed by atoms with E-state index in [4.69, 9.17) is 4.74 Å². The van der Waals surface area contributed by atoms with Crippen molar-refractivity contribution in [2.45, 2.75) is 13.5 Å². The predicted octanol–water partition coefficient (Wildman–Crippen LogP) is 6.98. The highest BCUT2D eigenvalue weighted by molar-refractivity contribution is 7.26. The molecule has 5 rings (SSSR count). The monoisotopic (exact) mass is 382 g/mol. The molecule has 5 aromatic rings. The van der Waals surface area contributed by atoms with Gasteiger partial charge in [0, 0.05) is 25.7 Å². The van der Waals surface area contributed by atoms with Gasteiger partial charge in [-0.25, -0.2) is 4.79 Å². The summed E-state index contributed by atoms with van der Waals surface area (Å²) in [6.07, 6.45) is 0. The van der Waals surface area contributed by atoms with Gasteiger partial charge in [0.25, 0.3) is 0 Å². The molecule has 0 spiro atoms. The van der Waals surface area contributed by atoms with Crippen molar-refractivity contribution in [3.63, 3.8) is 0 Å². The Kier molecular flexibility index (Phi) is 3.92. The van der Waals surface area contributed by atoms with Crippen molar-refractivity contribution >= 4 is 59.0 Å². The summed E-state index contributed by atoms with van der Waals surface area (Å²) in [6, 6.07) is 23.4. The number of carbonyl (C=O) groups is 1. The van der Waals surface area contributed by atoms with E-state index in [1.165, 1.54) is 36.3 Å². The summed E-state index contributed by atoms with van der Waals surface area (Å²) in [5, 5.41) is 7.40. The molecule has 0 aliphatic heterocycles. The lowest BCUT2D eigenvalue weighted by molar-refractivity contribution is -0.140. The molecule has 0 N–H and O–H groups in total. The first kappa shape index (κ1) is 17.0. The fraction of sp³-hybridized carbons (Fsp3) is 0.0800. The number of esters is 1. The minimum absolute atomic E-state index is 0.247.